The molecule has 0 unspecified atom stereocenters. The van der Waals surface area contributed by atoms with Gasteiger partial charge in [0.2, 0.25) is 0 Å². The van der Waals surface area contributed by atoms with Crippen molar-refractivity contribution in [1.29, 1.82) is 0 Å². The summed E-state index contributed by atoms with van der Waals surface area (Å²) in [5.74, 6) is 5.57. The van der Waals surface area contributed by atoms with Gasteiger partial charge in [-0.1, -0.05) is 12.1 Å². The molecule has 2 N–H and O–H groups in total. The molecule has 0 saturated carbocycles. The molecule has 0 aliphatic rings. The molecule has 0 radical (unpaired) electrons. The van der Waals surface area contributed by atoms with Crippen molar-refractivity contribution in [1.82, 2.24) is 0 Å². The lowest BCUT2D eigenvalue weighted by Gasteiger charge is -2.18. The predicted octanol–water partition coefficient (Wildman–Crippen LogP) is 2.11. The quantitative estimate of drug-likeness (QED) is 0.693. The van der Waals surface area contributed by atoms with Crippen molar-refractivity contribution in [3.8, 4) is 0 Å². The maximum Gasteiger partial charge on any atom is 0.175 e. The van der Waals surface area contributed by atoms with Gasteiger partial charge in [0.15, 0.2) is 9.84 Å². The van der Waals surface area contributed by atoms with Gasteiger partial charge in [0, 0.05) is 6.26 Å². The summed E-state index contributed by atoms with van der Waals surface area (Å²) in [7, 11) is -3.19. The van der Waals surface area contributed by atoms with Crippen LogP contribution in [0.5, 0.6) is 0 Å². The van der Waals surface area contributed by atoms with Crippen molar-refractivity contribution in [3.05, 3.63) is 59.9 Å². The van der Waals surface area contributed by atoms with E-state index in [1.165, 1.54) is 17.1 Å². The van der Waals surface area contributed by atoms with Crippen molar-refractivity contribution in [2.45, 2.75) is 11.4 Å². The van der Waals surface area contributed by atoms with E-state index in [9.17, 15) is 12.8 Å². The maximum atomic E-state index is 12.8. The molecule has 0 aliphatic carbocycles. The molecule has 0 aliphatic heterocycles. The van der Waals surface area contributed by atoms with E-state index in [1.54, 1.807) is 36.4 Å². The first-order chi connectivity index (χ1) is 9.36. The Morgan fingerprint density at radius 1 is 1.05 bits per heavy atom. The van der Waals surface area contributed by atoms with Crippen molar-refractivity contribution in [2.75, 3.05) is 11.3 Å². The normalized spacial score (nSPS) is 11.3. The van der Waals surface area contributed by atoms with Gasteiger partial charge in [-0.3, -0.25) is 0 Å². The van der Waals surface area contributed by atoms with E-state index in [0.717, 1.165) is 11.8 Å². The zero-order valence-corrected chi connectivity index (χ0v) is 11.8. The summed E-state index contributed by atoms with van der Waals surface area (Å²) in [6.45, 7) is 0.398. The largest absolute Gasteiger partial charge is 0.307 e. The van der Waals surface area contributed by atoms with Gasteiger partial charge in [-0.25, -0.2) is 18.7 Å². The third kappa shape index (κ3) is 3.55. The lowest BCUT2D eigenvalue weighted by molar-refractivity contribution is 0.602. The fourth-order valence-electron chi connectivity index (χ4n) is 1.76. The summed E-state index contributed by atoms with van der Waals surface area (Å²) in [6, 6.07) is 12.3. The Hall–Kier alpha value is -1.92. The van der Waals surface area contributed by atoms with Crippen LogP contribution in [-0.4, -0.2) is 14.7 Å². The van der Waals surface area contributed by atoms with Gasteiger partial charge in [-0.05, 0) is 42.0 Å². The van der Waals surface area contributed by atoms with Gasteiger partial charge in [0.1, 0.15) is 5.82 Å². The minimum absolute atomic E-state index is 0.270. The van der Waals surface area contributed by atoms with Gasteiger partial charge < -0.3 is 5.01 Å². The summed E-state index contributed by atoms with van der Waals surface area (Å²) in [4.78, 5) is 0.270. The molecule has 0 aromatic heterocycles. The summed E-state index contributed by atoms with van der Waals surface area (Å²) < 4.78 is 35.5. The van der Waals surface area contributed by atoms with Crippen LogP contribution >= 0.6 is 0 Å². The molecule has 0 fully saturated rings. The summed E-state index contributed by atoms with van der Waals surface area (Å²) in [5, 5.41) is 1.47. The number of hydrogen-bond acceptors (Lipinski definition) is 4. The molecular weight excluding hydrogens is 279 g/mol. The summed E-state index contributed by atoms with van der Waals surface area (Å²) in [6.07, 6.45) is 1.16. The highest BCUT2D eigenvalue weighted by molar-refractivity contribution is 7.90. The van der Waals surface area contributed by atoms with E-state index in [2.05, 4.69) is 0 Å². The fraction of sp³-hybridized carbons (Fsp3) is 0.143. The van der Waals surface area contributed by atoms with Crippen LogP contribution in [0.2, 0.25) is 0 Å². The van der Waals surface area contributed by atoms with E-state index in [4.69, 9.17) is 5.84 Å². The van der Waals surface area contributed by atoms with Gasteiger partial charge >= 0.3 is 0 Å². The minimum Gasteiger partial charge on any atom is -0.307 e. The lowest BCUT2D eigenvalue weighted by Crippen LogP contribution is -2.29. The highest BCUT2D eigenvalue weighted by Gasteiger charge is 2.07. The molecule has 20 heavy (non-hydrogen) atoms. The number of hydrazine groups is 1. The second-order valence-corrected chi connectivity index (χ2v) is 6.54. The number of anilines is 1. The second kappa shape index (κ2) is 5.60. The summed E-state index contributed by atoms with van der Waals surface area (Å²) in [5.41, 5.74) is 1.54. The molecule has 0 atom stereocenters. The Kier molecular flexibility index (Phi) is 4.06. The summed E-state index contributed by atoms with van der Waals surface area (Å²) >= 11 is 0. The predicted molar refractivity (Wildman–Crippen MR) is 76.3 cm³/mol. The molecule has 0 saturated heterocycles. The van der Waals surface area contributed by atoms with Gasteiger partial charge in [-0.15, -0.1) is 0 Å². The number of nitrogens with two attached hydrogens (primary N) is 1. The molecule has 6 heteroatoms. The number of rotatable bonds is 4. The lowest BCUT2D eigenvalue weighted by atomic mass is 10.2. The van der Waals surface area contributed by atoms with Crippen LogP contribution in [-0.2, 0) is 16.4 Å². The number of hydrogen-bond donors (Lipinski definition) is 1. The highest BCUT2D eigenvalue weighted by atomic mass is 32.2. The molecule has 106 valence electrons. The highest BCUT2D eigenvalue weighted by Crippen LogP contribution is 2.16. The molecule has 0 bridgehead atoms. The Labute approximate surface area is 117 Å². The molecule has 2 rings (SSSR count). The molecule has 0 heterocycles. The standard InChI is InChI=1S/C14H15FN2O2S/c1-20(18,19)14-8-2-11(3-9-14)10-17(16)13-6-4-12(15)5-7-13/h2-9H,10,16H2,1H3. The van der Waals surface area contributed by atoms with Crippen molar-refractivity contribution in [3.63, 3.8) is 0 Å². The molecule has 2 aromatic carbocycles. The van der Waals surface area contributed by atoms with Crippen LogP contribution in [0.3, 0.4) is 0 Å². The smallest absolute Gasteiger partial charge is 0.175 e. The second-order valence-electron chi connectivity index (χ2n) is 4.52. The fourth-order valence-corrected chi connectivity index (χ4v) is 2.39. The van der Waals surface area contributed by atoms with Crippen molar-refractivity contribution < 1.29 is 12.8 Å². The number of halogens is 1. The molecular formula is C14H15FN2O2S. The molecule has 4 nitrogen and oxygen atoms in total. The Balaban J connectivity index is 2.12. The van der Waals surface area contributed by atoms with Crippen LogP contribution in [0.1, 0.15) is 5.56 Å². The van der Waals surface area contributed by atoms with E-state index in [1.807, 2.05) is 0 Å². The number of sulfone groups is 1. The van der Waals surface area contributed by atoms with Crippen LogP contribution in [0.4, 0.5) is 10.1 Å². The van der Waals surface area contributed by atoms with E-state index in [0.29, 0.717) is 12.2 Å². The third-order valence-corrected chi connectivity index (χ3v) is 3.99. The van der Waals surface area contributed by atoms with Gasteiger partial charge in [0.05, 0.1) is 17.1 Å². The number of nitrogens with zero attached hydrogens (tertiary/aromatic N) is 1. The van der Waals surface area contributed by atoms with Crippen LogP contribution < -0.4 is 10.9 Å². The van der Waals surface area contributed by atoms with Crippen molar-refractivity contribution >= 4 is 15.5 Å². The van der Waals surface area contributed by atoms with Crippen molar-refractivity contribution in [2.24, 2.45) is 5.84 Å². The minimum atomic E-state index is -3.19. The Morgan fingerprint density at radius 3 is 2.10 bits per heavy atom. The van der Waals surface area contributed by atoms with Crippen LogP contribution in [0, 0.1) is 5.82 Å². The Bertz CT molecular complexity index is 682. The van der Waals surface area contributed by atoms with Gasteiger partial charge in [-0.2, -0.15) is 0 Å². The average molecular weight is 294 g/mol. The van der Waals surface area contributed by atoms with E-state index in [-0.39, 0.29) is 10.7 Å². The van der Waals surface area contributed by atoms with Crippen LogP contribution in [0.15, 0.2) is 53.4 Å². The Morgan fingerprint density at radius 2 is 1.60 bits per heavy atom. The van der Waals surface area contributed by atoms with Gasteiger partial charge in [0.25, 0.3) is 0 Å². The monoisotopic (exact) mass is 294 g/mol. The maximum absolute atomic E-state index is 12.8. The van der Waals surface area contributed by atoms with Crippen LogP contribution in [0.25, 0.3) is 0 Å². The number of benzene rings is 2. The molecule has 2 aromatic rings. The zero-order chi connectivity index (χ0) is 14.8. The third-order valence-electron chi connectivity index (χ3n) is 2.86. The average Bonchev–Trinajstić information content (AvgIpc) is 2.39. The first-order valence-electron chi connectivity index (χ1n) is 5.93. The van der Waals surface area contributed by atoms with E-state index >= 15 is 0 Å². The molecule has 0 amide bonds. The molecule has 0 spiro atoms. The van der Waals surface area contributed by atoms with E-state index < -0.39 is 9.84 Å². The topological polar surface area (TPSA) is 63.4 Å². The SMILES string of the molecule is CS(=O)(=O)c1ccc(CN(N)c2ccc(F)cc2)cc1. The zero-order valence-electron chi connectivity index (χ0n) is 11.0. The first kappa shape index (κ1) is 14.5. The first-order valence-corrected chi connectivity index (χ1v) is 7.82.